The van der Waals surface area contributed by atoms with Gasteiger partial charge in [0.2, 0.25) is 0 Å². The number of aliphatic imine (C=N–C) groups is 1. The minimum Gasteiger partial charge on any atom is -0.363 e. The van der Waals surface area contributed by atoms with E-state index in [4.69, 9.17) is 4.98 Å². The monoisotopic (exact) mass is 550 g/mol. The molecule has 2 fully saturated rings. The van der Waals surface area contributed by atoms with Crippen LogP contribution in [0.3, 0.4) is 0 Å². The molecule has 7 heteroatoms. The molecule has 2 aromatic rings. The Morgan fingerprint density at radius 3 is 2.50 bits per heavy atom. The van der Waals surface area contributed by atoms with Crippen molar-refractivity contribution in [1.82, 2.24) is 20.5 Å². The zero-order valence-corrected chi connectivity index (χ0v) is 22.1. The van der Waals surface area contributed by atoms with Gasteiger partial charge in [-0.25, -0.2) is 4.98 Å². The highest BCUT2D eigenvalue weighted by atomic mass is 127. The Morgan fingerprint density at radius 1 is 1.09 bits per heavy atom. The van der Waals surface area contributed by atoms with Gasteiger partial charge in [-0.1, -0.05) is 37.5 Å². The zero-order valence-electron chi connectivity index (χ0n) is 19.8. The van der Waals surface area contributed by atoms with Crippen molar-refractivity contribution in [3.63, 3.8) is 0 Å². The Labute approximate surface area is 210 Å². The van der Waals surface area contributed by atoms with Gasteiger partial charge >= 0.3 is 0 Å². The van der Waals surface area contributed by atoms with E-state index in [9.17, 15) is 0 Å². The third kappa shape index (κ3) is 6.25. The van der Waals surface area contributed by atoms with Crippen molar-refractivity contribution in [1.29, 1.82) is 0 Å². The number of nitrogens with zero attached hydrogens (tertiary/aromatic N) is 4. The average Bonchev–Trinajstić information content (AvgIpc) is 2.82. The fraction of sp³-hybridized carbons (Fsp3) is 0.600. The molecule has 0 unspecified atom stereocenters. The van der Waals surface area contributed by atoms with Crippen LogP contribution in [0, 0.1) is 0 Å². The van der Waals surface area contributed by atoms with E-state index in [1.54, 1.807) is 0 Å². The molecule has 1 aromatic carbocycles. The summed E-state index contributed by atoms with van der Waals surface area (Å²) in [6.07, 6.45) is 9.45. The van der Waals surface area contributed by atoms with Gasteiger partial charge in [-0.2, -0.15) is 0 Å². The summed E-state index contributed by atoms with van der Waals surface area (Å²) in [5.74, 6) is 1.87. The number of likely N-dealkylation sites (tertiary alicyclic amines) is 1. The maximum Gasteiger partial charge on any atom is 0.191 e. The van der Waals surface area contributed by atoms with E-state index in [2.05, 4.69) is 49.7 Å². The lowest BCUT2D eigenvalue weighted by Gasteiger charge is -2.39. The molecule has 32 heavy (non-hydrogen) atoms. The van der Waals surface area contributed by atoms with E-state index in [1.165, 1.54) is 69.0 Å². The van der Waals surface area contributed by atoms with Gasteiger partial charge in [0.05, 0.1) is 5.52 Å². The SMILES string of the molecule is CN=C(NCc1cc(N(C)C)nc2ccccc12)NC1CCN(C2CCCCC2)CC1.I. The van der Waals surface area contributed by atoms with Crippen LogP contribution in [-0.4, -0.2) is 62.2 Å². The normalized spacial score (nSPS) is 18.9. The quantitative estimate of drug-likeness (QED) is 0.329. The first kappa shape index (κ1) is 25.0. The molecule has 0 atom stereocenters. The summed E-state index contributed by atoms with van der Waals surface area (Å²) in [7, 11) is 5.94. The predicted octanol–water partition coefficient (Wildman–Crippen LogP) is 4.38. The molecule has 1 aliphatic carbocycles. The number of fused-ring (bicyclic) bond motifs is 1. The number of guanidine groups is 1. The molecule has 1 aliphatic heterocycles. The summed E-state index contributed by atoms with van der Waals surface area (Å²) in [4.78, 5) is 14.1. The number of nitrogens with one attached hydrogen (secondary N) is 2. The first-order valence-corrected chi connectivity index (χ1v) is 11.9. The fourth-order valence-corrected chi connectivity index (χ4v) is 5.03. The van der Waals surface area contributed by atoms with Crippen molar-refractivity contribution in [3.8, 4) is 0 Å². The number of anilines is 1. The summed E-state index contributed by atoms with van der Waals surface area (Å²) < 4.78 is 0. The number of pyridine rings is 1. The molecule has 176 valence electrons. The van der Waals surface area contributed by atoms with Crippen molar-refractivity contribution in [2.75, 3.05) is 39.1 Å². The molecule has 0 radical (unpaired) electrons. The molecule has 1 aromatic heterocycles. The molecule has 4 rings (SSSR count). The molecule has 0 bridgehead atoms. The molecule has 1 saturated carbocycles. The Morgan fingerprint density at radius 2 is 1.81 bits per heavy atom. The van der Waals surface area contributed by atoms with Gasteiger partial charge in [-0.3, -0.25) is 4.99 Å². The number of hydrogen-bond acceptors (Lipinski definition) is 4. The Kier molecular flexibility index (Phi) is 9.40. The van der Waals surface area contributed by atoms with E-state index in [1.807, 2.05) is 27.2 Å². The van der Waals surface area contributed by atoms with Crippen molar-refractivity contribution < 1.29 is 0 Å². The van der Waals surface area contributed by atoms with Crippen LogP contribution < -0.4 is 15.5 Å². The van der Waals surface area contributed by atoms with Gasteiger partial charge in [0.25, 0.3) is 0 Å². The number of aromatic nitrogens is 1. The second kappa shape index (κ2) is 12.0. The van der Waals surface area contributed by atoms with Gasteiger partial charge in [-0.15, -0.1) is 24.0 Å². The molecular weight excluding hydrogens is 511 g/mol. The van der Waals surface area contributed by atoms with Gasteiger partial charge in [0.15, 0.2) is 5.96 Å². The minimum absolute atomic E-state index is 0. The van der Waals surface area contributed by atoms with Crippen molar-refractivity contribution in [2.45, 2.75) is 63.6 Å². The van der Waals surface area contributed by atoms with E-state index in [0.717, 1.165) is 29.9 Å². The fourth-order valence-electron chi connectivity index (χ4n) is 5.03. The van der Waals surface area contributed by atoms with Crippen molar-refractivity contribution in [3.05, 3.63) is 35.9 Å². The molecule has 2 N–H and O–H groups in total. The van der Waals surface area contributed by atoms with Crippen LogP contribution in [0.15, 0.2) is 35.3 Å². The maximum atomic E-state index is 4.77. The summed E-state index contributed by atoms with van der Waals surface area (Å²) in [6, 6.07) is 11.9. The van der Waals surface area contributed by atoms with E-state index in [0.29, 0.717) is 6.04 Å². The lowest BCUT2D eigenvalue weighted by atomic mass is 9.92. The summed E-state index contributed by atoms with van der Waals surface area (Å²) in [5, 5.41) is 8.41. The van der Waals surface area contributed by atoms with Crippen LogP contribution in [0.5, 0.6) is 0 Å². The number of rotatable bonds is 5. The number of piperidine rings is 1. The lowest BCUT2D eigenvalue weighted by molar-refractivity contribution is 0.119. The van der Waals surface area contributed by atoms with Crippen LogP contribution >= 0.6 is 24.0 Å². The molecule has 0 amide bonds. The van der Waals surface area contributed by atoms with E-state index in [-0.39, 0.29) is 24.0 Å². The van der Waals surface area contributed by atoms with Crippen LogP contribution in [-0.2, 0) is 6.54 Å². The topological polar surface area (TPSA) is 55.8 Å². The van der Waals surface area contributed by atoms with Crippen LogP contribution in [0.2, 0.25) is 0 Å². The predicted molar refractivity (Wildman–Crippen MR) is 146 cm³/mol. The number of benzene rings is 1. The summed E-state index contributed by atoms with van der Waals surface area (Å²) in [6.45, 7) is 3.14. The van der Waals surface area contributed by atoms with Crippen molar-refractivity contribution in [2.24, 2.45) is 4.99 Å². The molecule has 2 heterocycles. The maximum absolute atomic E-state index is 4.77. The van der Waals surface area contributed by atoms with Gasteiger partial charge in [0.1, 0.15) is 5.82 Å². The Balaban J connectivity index is 0.00000289. The van der Waals surface area contributed by atoms with E-state index >= 15 is 0 Å². The highest BCUT2D eigenvalue weighted by Crippen LogP contribution is 2.25. The average molecular weight is 551 g/mol. The first-order valence-electron chi connectivity index (χ1n) is 11.9. The molecular formula is C25H39IN6. The second-order valence-corrected chi connectivity index (χ2v) is 9.22. The van der Waals surface area contributed by atoms with Crippen LogP contribution in [0.25, 0.3) is 10.9 Å². The summed E-state index contributed by atoms with van der Waals surface area (Å²) in [5.41, 5.74) is 2.27. The molecule has 1 saturated heterocycles. The molecule has 2 aliphatic rings. The Bertz CT molecular complexity index is 885. The number of para-hydroxylation sites is 1. The first-order chi connectivity index (χ1) is 15.1. The second-order valence-electron chi connectivity index (χ2n) is 9.22. The van der Waals surface area contributed by atoms with Gasteiger partial charge in [0, 0.05) is 58.2 Å². The van der Waals surface area contributed by atoms with Gasteiger partial charge in [-0.05, 0) is 43.4 Å². The van der Waals surface area contributed by atoms with Gasteiger partial charge < -0.3 is 20.4 Å². The number of halogens is 1. The lowest BCUT2D eigenvalue weighted by Crippen LogP contribution is -2.50. The zero-order chi connectivity index (χ0) is 21.6. The third-order valence-electron chi connectivity index (χ3n) is 6.88. The highest BCUT2D eigenvalue weighted by Gasteiger charge is 2.26. The van der Waals surface area contributed by atoms with Crippen molar-refractivity contribution >= 4 is 46.7 Å². The van der Waals surface area contributed by atoms with Crippen LogP contribution in [0.4, 0.5) is 5.82 Å². The standard InChI is InChI=1S/C25H38N6.HI/c1-26-25(28-20-13-15-31(16-14-20)21-9-5-4-6-10-21)27-18-19-17-24(30(2)3)29-23-12-8-7-11-22(19)23;/h7-8,11-12,17,20-21H,4-6,9-10,13-16,18H2,1-3H3,(H2,26,27,28);1H. The number of hydrogen-bond donors (Lipinski definition) is 2. The molecule has 6 nitrogen and oxygen atoms in total. The van der Waals surface area contributed by atoms with Crippen LogP contribution in [0.1, 0.15) is 50.5 Å². The largest absolute Gasteiger partial charge is 0.363 e. The summed E-state index contributed by atoms with van der Waals surface area (Å²) >= 11 is 0. The molecule has 0 spiro atoms. The highest BCUT2D eigenvalue weighted by molar-refractivity contribution is 14.0. The Hall–Kier alpha value is -1.61. The van der Waals surface area contributed by atoms with E-state index < -0.39 is 0 Å². The minimum atomic E-state index is 0. The third-order valence-corrected chi connectivity index (χ3v) is 6.88. The smallest absolute Gasteiger partial charge is 0.191 e.